The summed E-state index contributed by atoms with van der Waals surface area (Å²) in [5.74, 6) is 1.33. The predicted molar refractivity (Wildman–Crippen MR) is 127 cm³/mol. The third kappa shape index (κ3) is 4.71. The highest BCUT2D eigenvalue weighted by atomic mass is 79.9. The van der Waals surface area contributed by atoms with E-state index in [1.54, 1.807) is 43.5 Å². The average molecular weight is 488 g/mol. The van der Waals surface area contributed by atoms with E-state index in [1.165, 1.54) is 0 Å². The second-order valence-electron chi connectivity index (χ2n) is 6.93. The zero-order valence-corrected chi connectivity index (χ0v) is 18.7. The number of nitrogens with one attached hydrogen (secondary N) is 1. The molecule has 0 aliphatic carbocycles. The number of methoxy groups -OCH3 is 1. The van der Waals surface area contributed by atoms with Crippen molar-refractivity contribution < 1.29 is 9.47 Å². The standard InChI is InChI=1S/C25H18BrN3O3/c1-31-22-10-7-17(12-23(22)32-15-16-5-3-2-4-6-16)11-18(14-27)24-28-21-9-8-19(26)13-20(21)25(30)29-24/h2-13H,15H2,1H3,(H,28,29,30)/b18-11+. The Morgan fingerprint density at radius 2 is 1.94 bits per heavy atom. The van der Waals surface area contributed by atoms with Crippen LogP contribution in [0.5, 0.6) is 11.5 Å². The fourth-order valence-corrected chi connectivity index (χ4v) is 3.55. The Hall–Kier alpha value is -3.89. The molecule has 7 heteroatoms. The van der Waals surface area contributed by atoms with Crippen molar-refractivity contribution in [1.82, 2.24) is 9.97 Å². The lowest BCUT2D eigenvalue weighted by Crippen LogP contribution is -2.11. The Bertz CT molecular complexity index is 1410. The SMILES string of the molecule is COc1ccc(/C=C(\C#N)c2nc3ccc(Br)cc3c(=O)[nH]2)cc1OCc1ccccc1. The topological polar surface area (TPSA) is 88.0 Å². The average Bonchev–Trinajstić information content (AvgIpc) is 2.82. The molecule has 3 aromatic carbocycles. The fraction of sp³-hybridized carbons (Fsp3) is 0.0800. The largest absolute Gasteiger partial charge is 0.493 e. The van der Waals surface area contributed by atoms with Crippen molar-refractivity contribution in [2.75, 3.05) is 7.11 Å². The fourth-order valence-electron chi connectivity index (χ4n) is 3.19. The number of aromatic nitrogens is 2. The molecule has 1 N–H and O–H groups in total. The number of H-pyrrole nitrogens is 1. The summed E-state index contributed by atoms with van der Waals surface area (Å²) in [4.78, 5) is 19.6. The van der Waals surface area contributed by atoms with Gasteiger partial charge in [0.05, 0.1) is 23.6 Å². The number of nitriles is 1. The van der Waals surface area contributed by atoms with Gasteiger partial charge in [0.1, 0.15) is 12.7 Å². The molecular weight excluding hydrogens is 470 g/mol. The van der Waals surface area contributed by atoms with Crippen LogP contribution in [0, 0.1) is 11.3 Å². The number of ether oxygens (including phenoxy) is 2. The highest BCUT2D eigenvalue weighted by molar-refractivity contribution is 9.10. The van der Waals surface area contributed by atoms with E-state index in [0.717, 1.165) is 10.0 Å². The van der Waals surface area contributed by atoms with Crippen molar-refractivity contribution in [3.8, 4) is 17.6 Å². The molecule has 0 aliphatic heterocycles. The molecule has 0 fully saturated rings. The van der Waals surface area contributed by atoms with Crippen molar-refractivity contribution in [3.05, 3.63) is 98.5 Å². The first kappa shape index (κ1) is 21.3. The molecule has 0 bridgehead atoms. The van der Waals surface area contributed by atoms with Crippen LogP contribution in [0.2, 0.25) is 0 Å². The van der Waals surface area contributed by atoms with E-state index in [9.17, 15) is 10.1 Å². The number of rotatable bonds is 6. The van der Waals surface area contributed by atoms with Crippen LogP contribution in [0.25, 0.3) is 22.6 Å². The molecule has 0 unspecified atom stereocenters. The van der Waals surface area contributed by atoms with Gasteiger partial charge < -0.3 is 14.5 Å². The Labute approximate surface area is 192 Å². The van der Waals surface area contributed by atoms with Crippen LogP contribution >= 0.6 is 15.9 Å². The van der Waals surface area contributed by atoms with Gasteiger partial charge >= 0.3 is 0 Å². The van der Waals surface area contributed by atoms with E-state index in [2.05, 4.69) is 32.0 Å². The zero-order valence-electron chi connectivity index (χ0n) is 17.1. The van der Waals surface area contributed by atoms with Crippen molar-refractivity contribution >= 4 is 38.5 Å². The summed E-state index contributed by atoms with van der Waals surface area (Å²) in [7, 11) is 1.57. The Morgan fingerprint density at radius 1 is 1.12 bits per heavy atom. The summed E-state index contributed by atoms with van der Waals surface area (Å²) < 4.78 is 12.1. The van der Waals surface area contributed by atoms with Crippen molar-refractivity contribution in [1.29, 1.82) is 5.26 Å². The van der Waals surface area contributed by atoms with E-state index < -0.39 is 0 Å². The number of benzene rings is 3. The van der Waals surface area contributed by atoms with Gasteiger partial charge in [-0.1, -0.05) is 52.3 Å². The molecule has 0 atom stereocenters. The molecule has 32 heavy (non-hydrogen) atoms. The third-order valence-electron chi connectivity index (χ3n) is 4.78. The highest BCUT2D eigenvalue weighted by Crippen LogP contribution is 2.30. The summed E-state index contributed by atoms with van der Waals surface area (Å²) in [5, 5.41) is 10.2. The molecular formula is C25H18BrN3O3. The monoisotopic (exact) mass is 487 g/mol. The molecule has 158 valence electrons. The van der Waals surface area contributed by atoms with Crippen molar-refractivity contribution in [2.24, 2.45) is 0 Å². The minimum Gasteiger partial charge on any atom is -0.493 e. The second-order valence-corrected chi connectivity index (χ2v) is 7.85. The number of fused-ring (bicyclic) bond motifs is 1. The Balaban J connectivity index is 1.68. The van der Waals surface area contributed by atoms with Crippen LogP contribution in [0.15, 0.2) is 76.0 Å². The summed E-state index contributed by atoms with van der Waals surface area (Å²) in [6, 6.07) is 22.5. The second kappa shape index (κ2) is 9.50. The van der Waals surface area contributed by atoms with E-state index in [4.69, 9.17) is 9.47 Å². The van der Waals surface area contributed by atoms with Gasteiger partial charge in [-0.3, -0.25) is 4.79 Å². The third-order valence-corrected chi connectivity index (χ3v) is 5.27. The number of halogens is 1. The Morgan fingerprint density at radius 3 is 2.69 bits per heavy atom. The van der Waals surface area contributed by atoms with Crippen LogP contribution in [-0.2, 0) is 6.61 Å². The van der Waals surface area contributed by atoms with Crippen LogP contribution in [-0.4, -0.2) is 17.1 Å². The van der Waals surface area contributed by atoms with Crippen LogP contribution in [0.3, 0.4) is 0 Å². The van der Waals surface area contributed by atoms with Gasteiger partial charge in [-0.05, 0) is 47.5 Å². The van der Waals surface area contributed by atoms with E-state index in [1.807, 2.05) is 36.4 Å². The van der Waals surface area contributed by atoms with Crippen LogP contribution < -0.4 is 15.0 Å². The number of hydrogen-bond acceptors (Lipinski definition) is 5. The first-order valence-electron chi connectivity index (χ1n) is 9.74. The maximum atomic E-state index is 12.5. The molecule has 1 aromatic heterocycles. The Kier molecular flexibility index (Phi) is 6.34. The highest BCUT2D eigenvalue weighted by Gasteiger charge is 2.11. The van der Waals surface area contributed by atoms with E-state index >= 15 is 0 Å². The minimum atomic E-state index is -0.311. The predicted octanol–water partition coefficient (Wildman–Crippen LogP) is 5.34. The molecule has 1 heterocycles. The first-order chi connectivity index (χ1) is 15.6. The lowest BCUT2D eigenvalue weighted by molar-refractivity contribution is 0.284. The van der Waals surface area contributed by atoms with Gasteiger partial charge in [0.15, 0.2) is 17.3 Å². The van der Waals surface area contributed by atoms with Gasteiger partial charge in [0.25, 0.3) is 5.56 Å². The van der Waals surface area contributed by atoms with Crippen LogP contribution in [0.4, 0.5) is 0 Å². The molecule has 0 saturated heterocycles. The maximum Gasteiger partial charge on any atom is 0.259 e. The van der Waals surface area contributed by atoms with Gasteiger partial charge in [0, 0.05) is 4.47 Å². The molecule has 0 aliphatic rings. The van der Waals surface area contributed by atoms with Gasteiger partial charge in [0.2, 0.25) is 0 Å². The van der Waals surface area contributed by atoms with Crippen LogP contribution in [0.1, 0.15) is 17.0 Å². The van der Waals surface area contributed by atoms with Crippen molar-refractivity contribution in [2.45, 2.75) is 6.61 Å². The molecule has 0 saturated carbocycles. The molecule has 4 rings (SSSR count). The van der Waals surface area contributed by atoms with Gasteiger partial charge in [-0.25, -0.2) is 4.98 Å². The molecule has 0 spiro atoms. The summed E-state index contributed by atoms with van der Waals surface area (Å²) in [6.45, 7) is 0.380. The smallest absolute Gasteiger partial charge is 0.259 e. The first-order valence-corrected chi connectivity index (χ1v) is 10.5. The normalized spacial score (nSPS) is 11.2. The van der Waals surface area contributed by atoms with E-state index in [-0.39, 0.29) is 17.0 Å². The lowest BCUT2D eigenvalue weighted by atomic mass is 10.1. The number of nitrogens with zero attached hydrogens (tertiary/aromatic N) is 2. The summed E-state index contributed by atoms with van der Waals surface area (Å²) >= 11 is 3.35. The minimum absolute atomic E-state index is 0.204. The number of aromatic amines is 1. The summed E-state index contributed by atoms with van der Waals surface area (Å²) in [5.41, 5.74) is 2.16. The summed E-state index contributed by atoms with van der Waals surface area (Å²) in [6.07, 6.45) is 1.65. The maximum absolute atomic E-state index is 12.5. The van der Waals surface area contributed by atoms with E-state index in [0.29, 0.717) is 34.6 Å². The molecule has 6 nitrogen and oxygen atoms in total. The van der Waals surface area contributed by atoms with Crippen molar-refractivity contribution in [3.63, 3.8) is 0 Å². The van der Waals surface area contributed by atoms with Gasteiger partial charge in [-0.2, -0.15) is 5.26 Å². The molecule has 0 radical (unpaired) electrons. The quantitative estimate of drug-likeness (QED) is 0.371. The molecule has 0 amide bonds. The number of allylic oxidation sites excluding steroid dienone is 1. The lowest BCUT2D eigenvalue weighted by Gasteiger charge is -2.12. The molecule has 4 aromatic rings. The number of hydrogen-bond donors (Lipinski definition) is 1. The zero-order chi connectivity index (χ0) is 22.5. The van der Waals surface area contributed by atoms with Gasteiger partial charge in [-0.15, -0.1) is 0 Å².